The van der Waals surface area contributed by atoms with Gasteiger partial charge in [0.2, 0.25) is 11.8 Å². The molecule has 2 amide bonds. The summed E-state index contributed by atoms with van der Waals surface area (Å²) >= 11 is 7.36. The first-order valence-electron chi connectivity index (χ1n) is 8.36. The number of halogens is 1. The number of aromatic nitrogens is 2. The molecule has 1 aliphatic rings. The lowest BCUT2D eigenvalue weighted by atomic mass is 10.2. The zero-order valence-electron chi connectivity index (χ0n) is 15.2. The first kappa shape index (κ1) is 20.7. The van der Waals surface area contributed by atoms with Gasteiger partial charge in [-0.15, -0.1) is 0 Å². The summed E-state index contributed by atoms with van der Waals surface area (Å²) in [6.45, 7) is 6.53. The van der Waals surface area contributed by atoms with Crippen LogP contribution in [0.4, 0.5) is 5.82 Å². The smallest absolute Gasteiger partial charge is 0.230 e. The van der Waals surface area contributed by atoms with E-state index in [-0.39, 0.29) is 23.6 Å². The van der Waals surface area contributed by atoms with Crippen molar-refractivity contribution in [3.63, 3.8) is 0 Å². The number of carbonyl (C=O) groups is 2. The summed E-state index contributed by atoms with van der Waals surface area (Å²) in [4.78, 5) is 36.0. The summed E-state index contributed by atoms with van der Waals surface area (Å²) < 4.78 is 4.89. The Morgan fingerprint density at radius 2 is 2.19 bits per heavy atom. The molecule has 26 heavy (non-hydrogen) atoms. The van der Waals surface area contributed by atoms with Crippen LogP contribution in [0, 0.1) is 0 Å². The number of amides is 2. The lowest BCUT2D eigenvalue weighted by Gasteiger charge is -2.40. The number of nitrogens with one attached hydrogen (secondary N) is 1. The Balaban J connectivity index is 1.97. The molecule has 0 aromatic carbocycles. The van der Waals surface area contributed by atoms with Crippen LogP contribution in [0.1, 0.15) is 13.8 Å². The van der Waals surface area contributed by atoms with Crippen molar-refractivity contribution >= 4 is 41.0 Å². The van der Waals surface area contributed by atoms with Crippen molar-refractivity contribution in [2.45, 2.75) is 25.0 Å². The average molecular weight is 402 g/mol. The second-order valence-corrected chi connectivity index (χ2v) is 7.30. The highest BCUT2D eigenvalue weighted by molar-refractivity contribution is 7.99. The average Bonchev–Trinajstić information content (AvgIpc) is 2.59. The second-order valence-electron chi connectivity index (χ2n) is 5.97. The Kier molecular flexibility index (Phi) is 7.92. The fourth-order valence-corrected chi connectivity index (χ4v) is 3.63. The maximum atomic E-state index is 11.8. The van der Waals surface area contributed by atoms with E-state index in [1.807, 2.05) is 11.8 Å². The minimum absolute atomic E-state index is 0.0774. The molecule has 1 aromatic heterocycles. The monoisotopic (exact) mass is 401 g/mol. The molecule has 1 atom stereocenters. The van der Waals surface area contributed by atoms with Gasteiger partial charge in [-0.2, -0.15) is 0 Å². The van der Waals surface area contributed by atoms with E-state index < -0.39 is 0 Å². The Morgan fingerprint density at radius 1 is 1.42 bits per heavy atom. The van der Waals surface area contributed by atoms with E-state index in [1.165, 1.54) is 11.8 Å². The van der Waals surface area contributed by atoms with Gasteiger partial charge in [-0.1, -0.05) is 23.4 Å². The van der Waals surface area contributed by atoms with Gasteiger partial charge in [0, 0.05) is 52.3 Å². The number of rotatable bonds is 7. The Labute approximate surface area is 162 Å². The third kappa shape index (κ3) is 6.00. The van der Waals surface area contributed by atoms with Gasteiger partial charge in [0.1, 0.15) is 11.0 Å². The molecule has 0 aliphatic carbocycles. The van der Waals surface area contributed by atoms with E-state index in [0.717, 1.165) is 0 Å². The lowest BCUT2D eigenvalue weighted by Crippen LogP contribution is -2.53. The molecule has 1 N–H and O–H groups in total. The Morgan fingerprint density at radius 3 is 2.85 bits per heavy atom. The van der Waals surface area contributed by atoms with Gasteiger partial charge in [0.05, 0.1) is 12.4 Å². The highest BCUT2D eigenvalue weighted by Crippen LogP contribution is 2.24. The lowest BCUT2D eigenvalue weighted by molar-refractivity contribution is -0.131. The predicted octanol–water partition coefficient (Wildman–Crippen LogP) is 1.04. The van der Waals surface area contributed by atoms with Crippen molar-refractivity contribution in [2.75, 3.05) is 50.5 Å². The van der Waals surface area contributed by atoms with Crippen molar-refractivity contribution in [3.05, 3.63) is 11.2 Å². The zero-order chi connectivity index (χ0) is 19.1. The SMILES string of the molecule is COCCNC(=O)CSc1nc(Cl)cc(N2CCN(C(C)=O)[C@@H](C)C2)n1. The minimum Gasteiger partial charge on any atom is -0.383 e. The van der Waals surface area contributed by atoms with Gasteiger partial charge < -0.3 is 19.9 Å². The van der Waals surface area contributed by atoms with Crippen molar-refractivity contribution < 1.29 is 14.3 Å². The molecule has 0 radical (unpaired) electrons. The highest BCUT2D eigenvalue weighted by atomic mass is 35.5. The zero-order valence-corrected chi connectivity index (χ0v) is 16.8. The Bertz CT molecular complexity index is 648. The van der Waals surface area contributed by atoms with Gasteiger partial charge in [-0.3, -0.25) is 9.59 Å². The third-order valence-electron chi connectivity index (χ3n) is 3.98. The molecule has 8 nitrogen and oxygen atoms in total. The highest BCUT2D eigenvalue weighted by Gasteiger charge is 2.26. The van der Waals surface area contributed by atoms with Crippen LogP contribution in [0.5, 0.6) is 0 Å². The molecule has 1 saturated heterocycles. The van der Waals surface area contributed by atoms with Crippen LogP contribution in [0.15, 0.2) is 11.2 Å². The number of nitrogens with zero attached hydrogens (tertiary/aromatic N) is 4. The van der Waals surface area contributed by atoms with Gasteiger partial charge >= 0.3 is 0 Å². The quantitative estimate of drug-likeness (QED) is 0.316. The molecule has 1 aromatic rings. The number of thioether (sulfide) groups is 1. The maximum absolute atomic E-state index is 11.8. The van der Waals surface area contributed by atoms with E-state index >= 15 is 0 Å². The second kappa shape index (κ2) is 9.94. The molecule has 0 unspecified atom stereocenters. The summed E-state index contributed by atoms with van der Waals surface area (Å²) in [7, 11) is 1.58. The first-order chi connectivity index (χ1) is 12.4. The molecule has 0 bridgehead atoms. The molecule has 1 aliphatic heterocycles. The largest absolute Gasteiger partial charge is 0.383 e. The van der Waals surface area contributed by atoms with E-state index in [1.54, 1.807) is 20.1 Å². The number of anilines is 1. The van der Waals surface area contributed by atoms with Gasteiger partial charge in [-0.25, -0.2) is 9.97 Å². The molecule has 0 saturated carbocycles. The van der Waals surface area contributed by atoms with Crippen LogP contribution in [0.25, 0.3) is 0 Å². The molecule has 2 rings (SSSR count). The van der Waals surface area contributed by atoms with Crippen LogP contribution in [-0.4, -0.2) is 78.4 Å². The number of hydrogen-bond acceptors (Lipinski definition) is 7. The number of carbonyl (C=O) groups excluding carboxylic acids is 2. The number of hydrogen-bond donors (Lipinski definition) is 1. The Hall–Kier alpha value is -1.58. The van der Waals surface area contributed by atoms with Crippen LogP contribution in [0.3, 0.4) is 0 Å². The molecular formula is C16H24ClN5O3S. The van der Waals surface area contributed by atoms with Gasteiger partial charge in [0.25, 0.3) is 0 Å². The summed E-state index contributed by atoms with van der Waals surface area (Å²) in [6.07, 6.45) is 0. The number of piperazine rings is 1. The van der Waals surface area contributed by atoms with Crippen molar-refractivity contribution in [1.82, 2.24) is 20.2 Å². The molecule has 144 valence electrons. The van der Waals surface area contributed by atoms with Crippen LogP contribution >= 0.6 is 23.4 Å². The topological polar surface area (TPSA) is 87.7 Å². The molecule has 1 fully saturated rings. The van der Waals surface area contributed by atoms with Crippen molar-refractivity contribution in [3.8, 4) is 0 Å². The van der Waals surface area contributed by atoms with Crippen molar-refractivity contribution in [1.29, 1.82) is 0 Å². The van der Waals surface area contributed by atoms with Crippen LogP contribution in [-0.2, 0) is 14.3 Å². The van der Waals surface area contributed by atoms with E-state index in [2.05, 4.69) is 20.2 Å². The molecule has 2 heterocycles. The first-order valence-corrected chi connectivity index (χ1v) is 9.72. The maximum Gasteiger partial charge on any atom is 0.230 e. The minimum atomic E-state index is -0.110. The molecule has 10 heteroatoms. The van der Waals surface area contributed by atoms with Crippen LogP contribution < -0.4 is 10.2 Å². The van der Waals surface area contributed by atoms with Gasteiger partial charge in [-0.05, 0) is 6.92 Å². The number of ether oxygens (including phenoxy) is 1. The molecular weight excluding hydrogens is 378 g/mol. The van der Waals surface area contributed by atoms with E-state index in [0.29, 0.717) is 48.9 Å². The summed E-state index contributed by atoms with van der Waals surface area (Å²) in [5, 5.41) is 3.53. The van der Waals surface area contributed by atoms with E-state index in [4.69, 9.17) is 16.3 Å². The normalized spacial score (nSPS) is 17.3. The van der Waals surface area contributed by atoms with Crippen molar-refractivity contribution in [2.24, 2.45) is 0 Å². The van der Waals surface area contributed by atoms with Crippen LogP contribution in [0.2, 0.25) is 5.15 Å². The predicted molar refractivity (Wildman–Crippen MR) is 102 cm³/mol. The number of methoxy groups -OCH3 is 1. The fraction of sp³-hybridized carbons (Fsp3) is 0.625. The van der Waals surface area contributed by atoms with E-state index in [9.17, 15) is 9.59 Å². The summed E-state index contributed by atoms with van der Waals surface area (Å²) in [5.41, 5.74) is 0. The molecule has 0 spiro atoms. The summed E-state index contributed by atoms with van der Waals surface area (Å²) in [6, 6.07) is 1.80. The fourth-order valence-electron chi connectivity index (χ4n) is 2.72. The third-order valence-corrected chi connectivity index (χ3v) is 5.02. The van der Waals surface area contributed by atoms with Gasteiger partial charge in [0.15, 0.2) is 5.16 Å². The standard InChI is InChI=1S/C16H24ClN5O3S/c1-11-9-21(5-6-22(11)12(2)23)14-8-13(17)19-16(20-14)26-10-15(24)18-4-7-25-3/h8,11H,4-7,9-10H2,1-3H3,(H,18,24)/t11-/m0/s1. The summed E-state index contributed by atoms with van der Waals surface area (Å²) in [5.74, 6) is 0.884.